The molecule has 1 rings (SSSR count). The third-order valence-electron chi connectivity index (χ3n) is 2.08. The summed E-state index contributed by atoms with van der Waals surface area (Å²) in [5.74, 6) is 0.443. The number of hydrogen-bond acceptors (Lipinski definition) is 1. The van der Waals surface area contributed by atoms with E-state index in [2.05, 4.69) is 6.58 Å². The van der Waals surface area contributed by atoms with Crippen molar-refractivity contribution < 1.29 is 69.1 Å². The van der Waals surface area contributed by atoms with Crippen LogP contribution in [0.15, 0.2) is 30.3 Å². The van der Waals surface area contributed by atoms with Gasteiger partial charge in [-0.25, -0.2) is 0 Å². The van der Waals surface area contributed by atoms with Crippen molar-refractivity contribution in [2.45, 2.75) is 13.8 Å². The van der Waals surface area contributed by atoms with E-state index < -0.39 is 19.1 Å². The SMILES string of the molecule is C=C(COc1cc(C)cc(C)c1)[B-](F)(F)F.[K+]. The van der Waals surface area contributed by atoms with E-state index in [1.165, 1.54) is 0 Å². The Kier molecular flexibility index (Phi) is 7.10. The molecule has 0 aromatic heterocycles. The van der Waals surface area contributed by atoms with E-state index in [1.54, 1.807) is 12.1 Å². The second-order valence-corrected chi connectivity index (χ2v) is 3.85. The van der Waals surface area contributed by atoms with E-state index in [0.29, 0.717) is 5.75 Å². The summed E-state index contributed by atoms with van der Waals surface area (Å²) in [5, 5.41) is 0. The van der Waals surface area contributed by atoms with Crippen molar-refractivity contribution >= 4 is 6.98 Å². The molecule has 1 nitrogen and oxygen atoms in total. The molecule has 88 valence electrons. The quantitative estimate of drug-likeness (QED) is 0.728. The molecule has 0 radical (unpaired) electrons. The third kappa shape index (κ3) is 6.11. The minimum Gasteiger partial charge on any atom is -0.492 e. The van der Waals surface area contributed by atoms with Crippen molar-refractivity contribution in [3.63, 3.8) is 0 Å². The zero-order valence-electron chi connectivity index (χ0n) is 10.3. The van der Waals surface area contributed by atoms with Crippen LogP contribution in [0, 0.1) is 13.8 Å². The molecule has 0 atom stereocenters. The average Bonchev–Trinajstić information content (AvgIpc) is 2.11. The van der Waals surface area contributed by atoms with Gasteiger partial charge in [0.15, 0.2) is 0 Å². The molecule has 0 amide bonds. The molecule has 0 aliphatic heterocycles. The number of hydrogen-bond donors (Lipinski definition) is 0. The van der Waals surface area contributed by atoms with Crippen LogP contribution in [0.1, 0.15) is 11.1 Å². The molecular formula is C11H13BF3KO. The molecular weight excluding hydrogens is 255 g/mol. The van der Waals surface area contributed by atoms with Crippen LogP contribution >= 0.6 is 0 Å². The second kappa shape index (κ2) is 6.99. The fourth-order valence-corrected chi connectivity index (χ4v) is 1.29. The van der Waals surface area contributed by atoms with Crippen LogP contribution in [0.3, 0.4) is 0 Å². The Hall–Kier alpha value is 0.251. The molecule has 17 heavy (non-hydrogen) atoms. The topological polar surface area (TPSA) is 9.23 Å². The Morgan fingerprint density at radius 1 is 1.18 bits per heavy atom. The minimum atomic E-state index is -5.01. The van der Waals surface area contributed by atoms with Crippen LogP contribution in [0.4, 0.5) is 12.9 Å². The Morgan fingerprint density at radius 2 is 1.65 bits per heavy atom. The summed E-state index contributed by atoms with van der Waals surface area (Å²) in [5.41, 5.74) is 1.09. The van der Waals surface area contributed by atoms with Gasteiger partial charge >= 0.3 is 58.4 Å². The largest absolute Gasteiger partial charge is 1.00 e. The summed E-state index contributed by atoms with van der Waals surface area (Å²) in [4.78, 5) is 0. The Labute approximate surface area is 142 Å². The molecule has 0 unspecified atom stereocenters. The first-order valence-electron chi connectivity index (χ1n) is 4.88. The zero-order valence-corrected chi connectivity index (χ0v) is 13.4. The summed E-state index contributed by atoms with van der Waals surface area (Å²) < 4.78 is 41.6. The van der Waals surface area contributed by atoms with Gasteiger partial charge in [-0.2, -0.15) is 0 Å². The molecule has 0 saturated heterocycles. The number of ether oxygens (including phenoxy) is 1. The van der Waals surface area contributed by atoms with Crippen LogP contribution in [0.2, 0.25) is 0 Å². The smallest absolute Gasteiger partial charge is 0.492 e. The van der Waals surface area contributed by atoms with Crippen molar-refractivity contribution in [3.8, 4) is 5.75 Å². The summed E-state index contributed by atoms with van der Waals surface area (Å²) in [6.07, 6.45) is 0. The number of rotatable bonds is 4. The first-order chi connectivity index (χ1) is 7.29. The fraction of sp³-hybridized carbons (Fsp3) is 0.273. The third-order valence-corrected chi connectivity index (χ3v) is 2.08. The van der Waals surface area contributed by atoms with E-state index in [-0.39, 0.29) is 51.4 Å². The number of benzene rings is 1. The van der Waals surface area contributed by atoms with Crippen LogP contribution in [0.5, 0.6) is 5.75 Å². The summed E-state index contributed by atoms with van der Waals surface area (Å²) in [6.45, 7) is 1.18. The molecule has 0 aliphatic carbocycles. The van der Waals surface area contributed by atoms with Gasteiger partial charge in [0.25, 0.3) is 0 Å². The summed E-state index contributed by atoms with van der Waals surface area (Å²) in [7, 11) is 0. The van der Waals surface area contributed by atoms with Crippen LogP contribution in [-0.2, 0) is 0 Å². The average molecular weight is 268 g/mol. The zero-order chi connectivity index (χ0) is 12.3. The molecule has 1 aromatic rings. The molecule has 0 aliphatic rings. The Morgan fingerprint density at radius 3 is 2.06 bits per heavy atom. The van der Waals surface area contributed by atoms with Crippen molar-refractivity contribution in [1.82, 2.24) is 0 Å². The van der Waals surface area contributed by atoms with Crippen molar-refractivity contribution in [2.75, 3.05) is 6.61 Å². The standard InChI is InChI=1S/C11H13BF3O.K/c1-8-4-9(2)6-11(5-8)16-7-10(3)12(13,14)15;/h4-6H,3,7H2,1-2H3;/q-1;+1. The fourth-order valence-electron chi connectivity index (χ4n) is 1.29. The molecule has 0 spiro atoms. The molecule has 0 fully saturated rings. The van der Waals surface area contributed by atoms with Crippen molar-refractivity contribution in [2.24, 2.45) is 0 Å². The van der Waals surface area contributed by atoms with E-state index in [0.717, 1.165) is 11.1 Å². The molecule has 0 heterocycles. The normalized spacial score (nSPS) is 10.6. The second-order valence-electron chi connectivity index (χ2n) is 3.85. The monoisotopic (exact) mass is 268 g/mol. The molecule has 6 heteroatoms. The van der Waals surface area contributed by atoms with Gasteiger partial charge in [0, 0.05) is 0 Å². The van der Waals surface area contributed by atoms with Gasteiger partial charge in [-0.05, 0) is 37.1 Å². The predicted molar refractivity (Wildman–Crippen MR) is 59.6 cm³/mol. The van der Waals surface area contributed by atoms with E-state index in [1.807, 2.05) is 19.9 Å². The number of aryl methyl sites for hydroxylation is 2. The van der Waals surface area contributed by atoms with E-state index >= 15 is 0 Å². The van der Waals surface area contributed by atoms with Gasteiger partial charge in [-0.1, -0.05) is 6.07 Å². The van der Waals surface area contributed by atoms with Gasteiger partial charge in [0.05, 0.1) is 6.61 Å². The van der Waals surface area contributed by atoms with Crippen LogP contribution in [-0.4, -0.2) is 13.6 Å². The Bertz CT molecular complexity index is 384. The maximum Gasteiger partial charge on any atom is 1.00 e. The maximum absolute atomic E-state index is 12.2. The van der Waals surface area contributed by atoms with Gasteiger partial charge < -0.3 is 17.7 Å². The van der Waals surface area contributed by atoms with Crippen molar-refractivity contribution in [1.29, 1.82) is 0 Å². The van der Waals surface area contributed by atoms with E-state index in [4.69, 9.17) is 4.74 Å². The van der Waals surface area contributed by atoms with Crippen LogP contribution < -0.4 is 56.1 Å². The first-order valence-corrected chi connectivity index (χ1v) is 4.88. The van der Waals surface area contributed by atoms with Crippen LogP contribution in [0.25, 0.3) is 0 Å². The maximum atomic E-state index is 12.2. The molecule has 1 aromatic carbocycles. The van der Waals surface area contributed by atoms with Gasteiger partial charge in [-0.15, -0.1) is 12.1 Å². The van der Waals surface area contributed by atoms with E-state index in [9.17, 15) is 12.9 Å². The van der Waals surface area contributed by atoms with Gasteiger partial charge in [0.1, 0.15) is 5.75 Å². The first kappa shape index (κ1) is 17.3. The summed E-state index contributed by atoms with van der Waals surface area (Å²) in [6, 6.07) is 5.32. The summed E-state index contributed by atoms with van der Waals surface area (Å²) >= 11 is 0. The van der Waals surface area contributed by atoms with Gasteiger partial charge in [-0.3, -0.25) is 0 Å². The van der Waals surface area contributed by atoms with Crippen molar-refractivity contribution in [3.05, 3.63) is 41.4 Å². The molecule has 0 N–H and O–H groups in total. The number of halogens is 3. The predicted octanol–water partition coefficient (Wildman–Crippen LogP) is 0.629. The Balaban J connectivity index is 0.00000256. The molecule has 0 saturated carbocycles. The minimum absolute atomic E-state index is 0. The van der Waals surface area contributed by atoms with Gasteiger partial charge in [0.2, 0.25) is 0 Å². The molecule has 0 bridgehead atoms.